The predicted octanol–water partition coefficient (Wildman–Crippen LogP) is -2.97. The molecule has 3 amide bonds. The van der Waals surface area contributed by atoms with Crippen molar-refractivity contribution in [1.29, 1.82) is 5.26 Å². The van der Waals surface area contributed by atoms with Gasteiger partial charge in [0.25, 0.3) is 5.91 Å². The quantitative estimate of drug-likeness (QED) is 0.162. The number of rotatable bonds is 7. The lowest BCUT2D eigenvalue weighted by atomic mass is 9.79. The average Bonchev–Trinajstić information content (AvgIpc) is 2.46. The highest BCUT2D eigenvalue weighted by Crippen LogP contribution is 2.29. The number of hydrazine groups is 3. The van der Waals surface area contributed by atoms with E-state index in [4.69, 9.17) is 22.8 Å². The SMILES string of the molecule is N#CC(CCC(=O)NN)(CCC(=O)NN)C(=O)NN. The third-order valence-electron chi connectivity index (χ3n) is 2.66. The van der Waals surface area contributed by atoms with Gasteiger partial charge in [-0.05, 0) is 12.8 Å². The van der Waals surface area contributed by atoms with Gasteiger partial charge in [0, 0.05) is 12.8 Å². The maximum absolute atomic E-state index is 11.7. The fraction of sp³-hybridized carbons (Fsp3) is 0.556. The number of amides is 3. The lowest BCUT2D eigenvalue weighted by Gasteiger charge is -2.23. The largest absolute Gasteiger partial charge is 0.294 e. The topological polar surface area (TPSA) is 189 Å². The maximum atomic E-state index is 11.7. The predicted molar refractivity (Wildman–Crippen MR) is 63.5 cm³/mol. The summed E-state index contributed by atoms with van der Waals surface area (Å²) in [4.78, 5) is 33.8. The number of hydrogen-bond donors (Lipinski definition) is 6. The van der Waals surface area contributed by atoms with Gasteiger partial charge in [-0.3, -0.25) is 30.7 Å². The zero-order valence-electron chi connectivity index (χ0n) is 10.2. The number of nitrogens with zero attached hydrogens (tertiary/aromatic N) is 1. The van der Waals surface area contributed by atoms with E-state index in [1.807, 2.05) is 16.3 Å². The van der Waals surface area contributed by atoms with E-state index in [2.05, 4.69) is 0 Å². The first-order valence-electron chi connectivity index (χ1n) is 5.37. The molecule has 0 rings (SSSR count). The summed E-state index contributed by atoms with van der Waals surface area (Å²) >= 11 is 0. The second-order valence-corrected chi connectivity index (χ2v) is 3.80. The summed E-state index contributed by atoms with van der Waals surface area (Å²) in [6.45, 7) is 0. The summed E-state index contributed by atoms with van der Waals surface area (Å²) in [7, 11) is 0. The van der Waals surface area contributed by atoms with E-state index >= 15 is 0 Å². The number of nitriles is 1. The van der Waals surface area contributed by atoms with E-state index in [-0.39, 0.29) is 25.7 Å². The molecule has 0 aromatic carbocycles. The highest BCUT2D eigenvalue weighted by atomic mass is 16.2. The van der Waals surface area contributed by atoms with Crippen LogP contribution in [0, 0.1) is 16.7 Å². The Hall–Kier alpha value is -2.22. The minimum atomic E-state index is -1.59. The van der Waals surface area contributed by atoms with Crippen LogP contribution >= 0.6 is 0 Å². The molecular weight excluding hydrogens is 254 g/mol. The van der Waals surface area contributed by atoms with Gasteiger partial charge in [-0.2, -0.15) is 5.26 Å². The Bertz CT molecular complexity index is 370. The van der Waals surface area contributed by atoms with Crippen molar-refractivity contribution in [3.05, 3.63) is 0 Å². The molecule has 0 spiro atoms. The first-order valence-corrected chi connectivity index (χ1v) is 5.37. The molecule has 0 bridgehead atoms. The van der Waals surface area contributed by atoms with Crippen LogP contribution in [0.2, 0.25) is 0 Å². The van der Waals surface area contributed by atoms with Gasteiger partial charge in [-0.25, -0.2) is 17.5 Å². The zero-order chi connectivity index (χ0) is 14.9. The first-order chi connectivity index (χ1) is 8.95. The monoisotopic (exact) mass is 271 g/mol. The molecule has 0 aromatic heterocycles. The highest BCUT2D eigenvalue weighted by molar-refractivity contribution is 5.87. The summed E-state index contributed by atoms with van der Waals surface area (Å²) in [5.74, 6) is 13.0. The van der Waals surface area contributed by atoms with Gasteiger partial charge >= 0.3 is 0 Å². The van der Waals surface area contributed by atoms with E-state index in [1.165, 1.54) is 0 Å². The molecule has 0 unspecified atom stereocenters. The minimum absolute atomic E-state index is 0.118. The summed E-state index contributed by atoms with van der Waals surface area (Å²) in [5.41, 5.74) is 4.03. The van der Waals surface area contributed by atoms with Crippen LogP contribution in [0.25, 0.3) is 0 Å². The van der Waals surface area contributed by atoms with Crippen molar-refractivity contribution in [1.82, 2.24) is 16.3 Å². The van der Waals surface area contributed by atoms with Crippen LogP contribution in [0.3, 0.4) is 0 Å². The third kappa shape index (κ3) is 4.88. The molecule has 0 atom stereocenters. The van der Waals surface area contributed by atoms with Gasteiger partial charge in [0.05, 0.1) is 6.07 Å². The second-order valence-electron chi connectivity index (χ2n) is 3.80. The molecule has 0 aliphatic heterocycles. The average molecular weight is 271 g/mol. The van der Waals surface area contributed by atoms with Crippen LogP contribution in [-0.2, 0) is 14.4 Å². The van der Waals surface area contributed by atoms with Crippen molar-refractivity contribution >= 4 is 17.7 Å². The Labute approximate surface area is 109 Å². The molecule has 0 saturated carbocycles. The van der Waals surface area contributed by atoms with Crippen molar-refractivity contribution in [2.75, 3.05) is 0 Å². The van der Waals surface area contributed by atoms with Crippen LogP contribution in [0.15, 0.2) is 0 Å². The van der Waals surface area contributed by atoms with E-state index in [1.54, 1.807) is 6.07 Å². The number of hydrogen-bond acceptors (Lipinski definition) is 7. The highest BCUT2D eigenvalue weighted by Gasteiger charge is 2.38. The molecule has 0 aliphatic rings. The van der Waals surface area contributed by atoms with Crippen LogP contribution in [-0.4, -0.2) is 17.7 Å². The van der Waals surface area contributed by atoms with E-state index in [0.29, 0.717) is 0 Å². The summed E-state index contributed by atoms with van der Waals surface area (Å²) < 4.78 is 0. The Morgan fingerprint density at radius 2 is 1.37 bits per heavy atom. The van der Waals surface area contributed by atoms with Gasteiger partial charge in [-0.1, -0.05) is 0 Å². The smallest absolute Gasteiger partial charge is 0.254 e. The molecule has 0 saturated heterocycles. The van der Waals surface area contributed by atoms with Crippen LogP contribution < -0.4 is 33.8 Å². The fourth-order valence-corrected chi connectivity index (χ4v) is 1.45. The molecule has 9 N–H and O–H groups in total. The molecule has 0 aliphatic carbocycles. The van der Waals surface area contributed by atoms with Gasteiger partial charge in [0.2, 0.25) is 11.8 Å². The Balaban J connectivity index is 4.89. The van der Waals surface area contributed by atoms with Crippen molar-refractivity contribution < 1.29 is 14.4 Å². The maximum Gasteiger partial charge on any atom is 0.254 e. The number of nitrogens with two attached hydrogens (primary N) is 3. The van der Waals surface area contributed by atoms with Gasteiger partial charge in [-0.15, -0.1) is 0 Å². The molecule has 0 radical (unpaired) electrons. The van der Waals surface area contributed by atoms with Gasteiger partial charge in [0.1, 0.15) is 5.41 Å². The lowest BCUT2D eigenvalue weighted by molar-refractivity contribution is -0.130. The van der Waals surface area contributed by atoms with Crippen LogP contribution in [0.1, 0.15) is 25.7 Å². The zero-order valence-corrected chi connectivity index (χ0v) is 10.2. The van der Waals surface area contributed by atoms with E-state index in [9.17, 15) is 14.4 Å². The van der Waals surface area contributed by atoms with Crippen molar-refractivity contribution in [3.8, 4) is 6.07 Å². The van der Waals surface area contributed by atoms with Crippen LogP contribution in [0.4, 0.5) is 0 Å². The molecule has 0 heterocycles. The number of carbonyl (C=O) groups is 3. The summed E-state index contributed by atoms with van der Waals surface area (Å²) in [6, 6.07) is 1.79. The molecule has 10 nitrogen and oxygen atoms in total. The van der Waals surface area contributed by atoms with E-state index in [0.717, 1.165) is 0 Å². The second kappa shape index (κ2) is 7.98. The van der Waals surface area contributed by atoms with Crippen molar-refractivity contribution in [2.24, 2.45) is 22.9 Å². The number of nitrogens with one attached hydrogen (secondary N) is 3. The third-order valence-corrected chi connectivity index (χ3v) is 2.66. The molecule has 106 valence electrons. The molecule has 0 fully saturated rings. The molecule has 10 heteroatoms. The molecule has 0 aromatic rings. The van der Waals surface area contributed by atoms with Crippen molar-refractivity contribution in [3.63, 3.8) is 0 Å². The van der Waals surface area contributed by atoms with E-state index < -0.39 is 23.1 Å². The Morgan fingerprint density at radius 3 is 1.63 bits per heavy atom. The first kappa shape index (κ1) is 16.8. The minimum Gasteiger partial charge on any atom is -0.294 e. The molecule has 19 heavy (non-hydrogen) atoms. The molecular formula is C9H17N7O3. The van der Waals surface area contributed by atoms with Gasteiger partial charge in [0.15, 0.2) is 0 Å². The summed E-state index contributed by atoms with van der Waals surface area (Å²) in [6.07, 6.45) is -0.537. The van der Waals surface area contributed by atoms with Gasteiger partial charge < -0.3 is 0 Å². The standard InChI is InChI=1S/C9H17N7O3/c10-5-9(8(19)16-13,3-1-6(17)14-11)4-2-7(18)15-12/h1-4,11-13H2,(H,14,17)(H,15,18)(H,16,19). The van der Waals surface area contributed by atoms with Crippen LogP contribution in [0.5, 0.6) is 0 Å². The fourth-order valence-electron chi connectivity index (χ4n) is 1.45. The van der Waals surface area contributed by atoms with Crippen molar-refractivity contribution in [2.45, 2.75) is 25.7 Å². The lowest BCUT2D eigenvalue weighted by Crippen LogP contribution is -2.45. The Kier molecular flexibility index (Phi) is 7.05. The normalized spacial score (nSPS) is 10.2. The Morgan fingerprint density at radius 1 is 0.947 bits per heavy atom. The number of carbonyl (C=O) groups excluding carboxylic acids is 3. The summed E-state index contributed by atoms with van der Waals surface area (Å²) in [5, 5.41) is 9.16.